The van der Waals surface area contributed by atoms with Gasteiger partial charge in [0.1, 0.15) is 0 Å². The van der Waals surface area contributed by atoms with Crippen LogP contribution in [-0.2, 0) is 6.54 Å². The highest BCUT2D eigenvalue weighted by atomic mass is 16.2. The van der Waals surface area contributed by atoms with Crippen molar-refractivity contribution >= 4 is 11.6 Å². The number of amides is 1. The smallest absolute Gasteiger partial charge is 0.274 e. The van der Waals surface area contributed by atoms with Crippen molar-refractivity contribution in [2.45, 2.75) is 19.0 Å². The Morgan fingerprint density at radius 1 is 0.926 bits per heavy atom. The Labute approximate surface area is 158 Å². The summed E-state index contributed by atoms with van der Waals surface area (Å²) in [6.07, 6.45) is 0.685. The summed E-state index contributed by atoms with van der Waals surface area (Å²) in [7, 11) is 0. The van der Waals surface area contributed by atoms with E-state index in [1.165, 1.54) is 0 Å². The highest BCUT2D eigenvalue weighted by Crippen LogP contribution is 2.34. The van der Waals surface area contributed by atoms with Gasteiger partial charge in [0.2, 0.25) is 0 Å². The molecule has 1 atom stereocenters. The third-order valence-corrected chi connectivity index (χ3v) is 4.85. The Balaban J connectivity index is 1.71. The molecule has 0 aliphatic carbocycles. The number of rotatable bonds is 4. The van der Waals surface area contributed by atoms with Crippen molar-refractivity contribution in [3.05, 3.63) is 107 Å². The predicted molar refractivity (Wildman–Crippen MR) is 107 cm³/mol. The summed E-state index contributed by atoms with van der Waals surface area (Å²) >= 11 is 0. The fourth-order valence-electron chi connectivity index (χ4n) is 3.35. The van der Waals surface area contributed by atoms with E-state index in [2.05, 4.69) is 0 Å². The Morgan fingerprint density at radius 2 is 1.56 bits per heavy atom. The molecule has 0 spiro atoms. The molecule has 4 heteroatoms. The van der Waals surface area contributed by atoms with Gasteiger partial charge in [-0.05, 0) is 28.8 Å². The molecule has 1 unspecified atom stereocenters. The first-order chi connectivity index (χ1) is 13.3. The monoisotopic (exact) mass is 355 g/mol. The molecule has 27 heavy (non-hydrogen) atoms. The molecule has 3 aromatic carbocycles. The molecular formula is C23H21N3O. The third kappa shape index (κ3) is 3.52. The second-order valence-corrected chi connectivity index (χ2v) is 6.59. The molecule has 134 valence electrons. The number of hydrogen-bond donors (Lipinski definition) is 1. The molecule has 0 bridgehead atoms. The molecule has 0 fully saturated rings. The molecule has 4 nitrogen and oxygen atoms in total. The van der Waals surface area contributed by atoms with Crippen LogP contribution < -0.4 is 5.73 Å². The van der Waals surface area contributed by atoms with Crippen LogP contribution in [0.25, 0.3) is 0 Å². The minimum absolute atomic E-state index is 0.0885. The minimum atomic E-state index is -0.125. The van der Waals surface area contributed by atoms with Crippen LogP contribution in [0.15, 0.2) is 90.0 Å². The van der Waals surface area contributed by atoms with E-state index >= 15 is 0 Å². The van der Waals surface area contributed by atoms with E-state index < -0.39 is 0 Å². The van der Waals surface area contributed by atoms with Gasteiger partial charge < -0.3 is 5.73 Å². The summed E-state index contributed by atoms with van der Waals surface area (Å²) in [6.45, 7) is 0.503. The van der Waals surface area contributed by atoms with E-state index in [-0.39, 0.29) is 11.9 Å². The molecule has 1 aliphatic rings. The molecule has 4 rings (SSSR count). The molecule has 0 saturated heterocycles. The van der Waals surface area contributed by atoms with Crippen LogP contribution in [0.2, 0.25) is 0 Å². The first kappa shape index (κ1) is 17.2. The highest BCUT2D eigenvalue weighted by Gasteiger charge is 2.33. The molecule has 3 aromatic rings. The van der Waals surface area contributed by atoms with Gasteiger partial charge in [0.15, 0.2) is 0 Å². The van der Waals surface area contributed by atoms with E-state index in [4.69, 9.17) is 10.8 Å². The van der Waals surface area contributed by atoms with Gasteiger partial charge >= 0.3 is 0 Å². The van der Waals surface area contributed by atoms with E-state index in [1.54, 1.807) is 5.01 Å². The summed E-state index contributed by atoms with van der Waals surface area (Å²) in [5.74, 6) is -0.0885. The van der Waals surface area contributed by atoms with Crippen LogP contribution in [0.4, 0.5) is 0 Å². The van der Waals surface area contributed by atoms with Gasteiger partial charge in [0.25, 0.3) is 5.91 Å². The molecule has 0 aromatic heterocycles. The van der Waals surface area contributed by atoms with Crippen molar-refractivity contribution in [3.63, 3.8) is 0 Å². The van der Waals surface area contributed by atoms with Gasteiger partial charge in [-0.1, -0.05) is 72.8 Å². The van der Waals surface area contributed by atoms with Crippen LogP contribution >= 0.6 is 0 Å². The Bertz CT molecular complexity index is 950. The lowest BCUT2D eigenvalue weighted by Gasteiger charge is -2.22. The standard InChI is InChI=1S/C23H21N3O/c24-16-17-11-13-19(14-12-17)22-15-21(18-7-3-1-4-8-18)25-26(22)23(27)20-9-5-2-6-10-20/h1-14,22H,15-16,24H2. The van der Waals surface area contributed by atoms with Crippen LogP contribution in [0.5, 0.6) is 0 Å². The van der Waals surface area contributed by atoms with Crippen molar-refractivity contribution < 1.29 is 4.79 Å². The quantitative estimate of drug-likeness (QED) is 0.765. The maximum Gasteiger partial charge on any atom is 0.274 e. The van der Waals surface area contributed by atoms with E-state index in [0.29, 0.717) is 18.5 Å². The van der Waals surface area contributed by atoms with Crippen molar-refractivity contribution in [1.82, 2.24) is 5.01 Å². The van der Waals surface area contributed by atoms with Crippen LogP contribution in [-0.4, -0.2) is 16.6 Å². The zero-order valence-corrected chi connectivity index (χ0v) is 15.0. The lowest BCUT2D eigenvalue weighted by atomic mass is 9.97. The summed E-state index contributed by atoms with van der Waals surface area (Å²) in [5, 5.41) is 6.33. The van der Waals surface area contributed by atoms with Crippen molar-refractivity contribution in [2.24, 2.45) is 10.8 Å². The average molecular weight is 355 g/mol. The van der Waals surface area contributed by atoms with E-state index in [0.717, 1.165) is 22.4 Å². The van der Waals surface area contributed by atoms with Gasteiger partial charge in [-0.25, -0.2) is 5.01 Å². The number of hydrogen-bond acceptors (Lipinski definition) is 3. The SMILES string of the molecule is NCc1ccc(C2CC(c3ccccc3)=NN2C(=O)c2ccccc2)cc1. The van der Waals surface area contributed by atoms with Crippen LogP contribution in [0.1, 0.15) is 39.5 Å². The zero-order chi connectivity index (χ0) is 18.6. The van der Waals surface area contributed by atoms with Crippen molar-refractivity contribution in [1.29, 1.82) is 0 Å². The van der Waals surface area contributed by atoms with E-state index in [1.807, 2.05) is 84.9 Å². The van der Waals surface area contributed by atoms with Gasteiger partial charge in [-0.2, -0.15) is 5.10 Å². The molecule has 0 radical (unpaired) electrons. The predicted octanol–water partition coefficient (Wildman–Crippen LogP) is 4.14. The number of benzene rings is 3. The highest BCUT2D eigenvalue weighted by molar-refractivity contribution is 6.05. The van der Waals surface area contributed by atoms with Crippen molar-refractivity contribution in [2.75, 3.05) is 0 Å². The molecular weight excluding hydrogens is 334 g/mol. The van der Waals surface area contributed by atoms with Crippen LogP contribution in [0.3, 0.4) is 0 Å². The lowest BCUT2D eigenvalue weighted by molar-refractivity contribution is 0.0711. The Hall–Kier alpha value is -3.24. The number of hydrazone groups is 1. The number of carbonyl (C=O) groups excluding carboxylic acids is 1. The fourth-order valence-corrected chi connectivity index (χ4v) is 3.35. The first-order valence-corrected chi connectivity index (χ1v) is 9.06. The molecule has 1 heterocycles. The Morgan fingerprint density at radius 3 is 2.19 bits per heavy atom. The fraction of sp³-hybridized carbons (Fsp3) is 0.130. The molecule has 0 saturated carbocycles. The second-order valence-electron chi connectivity index (χ2n) is 6.59. The molecule has 1 aliphatic heterocycles. The minimum Gasteiger partial charge on any atom is -0.326 e. The van der Waals surface area contributed by atoms with Crippen molar-refractivity contribution in [3.8, 4) is 0 Å². The maximum atomic E-state index is 13.1. The summed E-state index contributed by atoms with van der Waals surface area (Å²) in [6, 6.07) is 27.3. The number of nitrogens with two attached hydrogens (primary N) is 1. The lowest BCUT2D eigenvalue weighted by Crippen LogP contribution is -2.27. The Kier molecular flexibility index (Phi) is 4.81. The zero-order valence-electron chi connectivity index (χ0n) is 15.0. The summed E-state index contributed by atoms with van der Waals surface area (Å²) in [5.41, 5.74) is 10.5. The van der Waals surface area contributed by atoms with Gasteiger partial charge in [0, 0.05) is 18.5 Å². The summed E-state index contributed by atoms with van der Waals surface area (Å²) in [4.78, 5) is 13.1. The largest absolute Gasteiger partial charge is 0.326 e. The number of carbonyl (C=O) groups is 1. The second kappa shape index (κ2) is 7.56. The van der Waals surface area contributed by atoms with Gasteiger partial charge in [-0.3, -0.25) is 4.79 Å². The third-order valence-electron chi connectivity index (χ3n) is 4.85. The van der Waals surface area contributed by atoms with Crippen LogP contribution in [0, 0.1) is 0 Å². The molecule has 1 amide bonds. The first-order valence-electron chi connectivity index (χ1n) is 9.06. The maximum absolute atomic E-state index is 13.1. The normalized spacial score (nSPS) is 16.3. The average Bonchev–Trinajstić information content (AvgIpc) is 3.20. The summed E-state index contributed by atoms with van der Waals surface area (Å²) < 4.78 is 0. The van der Waals surface area contributed by atoms with Gasteiger partial charge in [0.05, 0.1) is 11.8 Å². The topological polar surface area (TPSA) is 58.7 Å². The van der Waals surface area contributed by atoms with E-state index in [9.17, 15) is 4.79 Å². The molecule has 2 N–H and O–H groups in total. The number of nitrogens with zero attached hydrogens (tertiary/aromatic N) is 2. The van der Waals surface area contributed by atoms with Gasteiger partial charge in [-0.15, -0.1) is 0 Å².